The third kappa shape index (κ3) is 7.38. The van der Waals surface area contributed by atoms with Crippen LogP contribution in [0.2, 0.25) is 0 Å². The molecule has 5 aliphatic carbocycles. The van der Waals surface area contributed by atoms with Crippen LogP contribution in [0.25, 0.3) is 113 Å². The van der Waals surface area contributed by atoms with Gasteiger partial charge in [-0.15, -0.1) is 0 Å². The van der Waals surface area contributed by atoms with Gasteiger partial charge in [0, 0.05) is 38.8 Å². The predicted molar refractivity (Wildman–Crippen MR) is 305 cm³/mol. The second-order valence-electron chi connectivity index (χ2n) is 21.4. The van der Waals surface area contributed by atoms with Crippen molar-refractivity contribution in [1.82, 2.24) is 29.9 Å². The Morgan fingerprint density at radius 1 is 0.237 bits per heavy atom. The Morgan fingerprint density at radius 2 is 0.526 bits per heavy atom. The van der Waals surface area contributed by atoms with Crippen LogP contribution < -0.4 is 0 Å². The van der Waals surface area contributed by atoms with Crippen LogP contribution >= 0.6 is 0 Å². The number of rotatable bonds is 9. The Bertz CT molecular complexity index is 3860. The molecule has 4 fully saturated rings. The van der Waals surface area contributed by atoms with Crippen LogP contribution in [0.1, 0.15) is 43.2 Å². The minimum Gasteiger partial charge on any atom is -0.208 e. The van der Waals surface area contributed by atoms with Crippen molar-refractivity contribution in [2.45, 2.75) is 37.5 Å². The molecule has 0 unspecified atom stereocenters. The highest BCUT2D eigenvalue weighted by atomic mass is 15.0. The number of nitrogens with zero attached hydrogens (tertiary/aromatic N) is 6. The molecule has 4 bridgehead atoms. The zero-order valence-corrected chi connectivity index (χ0v) is 42.0. The fourth-order valence-electron chi connectivity index (χ4n) is 14.2. The summed E-state index contributed by atoms with van der Waals surface area (Å²) in [6.45, 7) is 0. The highest BCUT2D eigenvalue weighted by molar-refractivity contribution is 5.94. The van der Waals surface area contributed by atoms with Crippen molar-refractivity contribution in [2.75, 3.05) is 0 Å². The normalized spacial score (nSPS) is 19.6. The van der Waals surface area contributed by atoms with E-state index in [-0.39, 0.29) is 5.41 Å². The Hall–Kier alpha value is -9.00. The third-order valence-electron chi connectivity index (χ3n) is 17.2. The van der Waals surface area contributed by atoms with E-state index >= 15 is 0 Å². The van der Waals surface area contributed by atoms with Gasteiger partial charge in [-0.25, -0.2) is 29.9 Å². The standard InChI is InChI=1S/C70H52N6/c1-5-19-46(20-6-1)64-71-65(47-21-7-2-8-22-47)74-68(73-64)60-31-17-14-28-55(60)51-34-36-59-58-35-33-50(42-62(58)70(63(59)43-51)52-38-44-37-45(40-52)41-53(70)39-44)54-27-13-15-29-56(54)57-30-16-18-32-61(57)69-75-66(48-23-9-3-10-24-48)72-67(76-69)49-25-11-4-12-26-49/h1-36,42-45,52-53H,37-41H2. The summed E-state index contributed by atoms with van der Waals surface area (Å²) in [7, 11) is 0. The molecule has 4 saturated carbocycles. The number of fused-ring (bicyclic) bond motifs is 3. The highest BCUT2D eigenvalue weighted by Gasteiger charge is 2.61. The molecule has 0 aliphatic heterocycles. The lowest BCUT2D eigenvalue weighted by Gasteiger charge is -2.61. The van der Waals surface area contributed by atoms with Crippen LogP contribution in [0, 0.1) is 23.7 Å². The van der Waals surface area contributed by atoms with Gasteiger partial charge < -0.3 is 0 Å². The summed E-state index contributed by atoms with van der Waals surface area (Å²) in [6, 6.07) is 82.1. The molecule has 2 aromatic heterocycles. The van der Waals surface area contributed by atoms with Crippen LogP contribution in [-0.4, -0.2) is 29.9 Å². The molecule has 362 valence electrons. The van der Waals surface area contributed by atoms with E-state index < -0.39 is 0 Å². The van der Waals surface area contributed by atoms with Crippen molar-refractivity contribution in [1.29, 1.82) is 0 Å². The van der Waals surface area contributed by atoms with Crippen LogP contribution in [0.4, 0.5) is 0 Å². The molecule has 0 amide bonds. The number of hydrogen-bond acceptors (Lipinski definition) is 6. The lowest BCUT2D eigenvalue weighted by Crippen LogP contribution is -2.55. The van der Waals surface area contributed by atoms with E-state index in [1.165, 1.54) is 71.0 Å². The number of hydrogen-bond donors (Lipinski definition) is 0. The van der Waals surface area contributed by atoms with Crippen molar-refractivity contribution >= 4 is 0 Å². The van der Waals surface area contributed by atoms with Gasteiger partial charge in [0.2, 0.25) is 0 Å². The van der Waals surface area contributed by atoms with Crippen molar-refractivity contribution in [2.24, 2.45) is 23.7 Å². The zero-order valence-electron chi connectivity index (χ0n) is 42.0. The summed E-state index contributed by atoms with van der Waals surface area (Å²) in [5, 5.41) is 0. The lowest BCUT2D eigenvalue weighted by atomic mass is 9.43. The van der Waals surface area contributed by atoms with Gasteiger partial charge >= 0.3 is 0 Å². The first-order valence-corrected chi connectivity index (χ1v) is 26.9. The van der Waals surface area contributed by atoms with E-state index in [2.05, 4.69) is 158 Å². The Labute approximate surface area is 443 Å². The SMILES string of the molecule is c1ccc(-c2nc(-c3ccccc3)nc(-c3ccccc3-c3ccc4c(c3)C3(c5cc(-c6ccccc6-c6ccccc6-c6nc(-c7ccccc7)nc(-c7ccccc7)n6)ccc5-4)C4CC5CC(C4)CC3C5)n2)cc1. The molecule has 0 N–H and O–H groups in total. The summed E-state index contributed by atoms with van der Waals surface area (Å²) in [6.07, 6.45) is 6.55. The van der Waals surface area contributed by atoms with Gasteiger partial charge in [0.25, 0.3) is 0 Å². The average molecular weight is 977 g/mol. The molecule has 11 aromatic rings. The number of benzene rings is 9. The Balaban J connectivity index is 0.866. The van der Waals surface area contributed by atoms with Crippen LogP contribution in [0.5, 0.6) is 0 Å². The van der Waals surface area contributed by atoms with Gasteiger partial charge in [-0.3, -0.25) is 0 Å². The maximum Gasteiger partial charge on any atom is 0.164 e. The molecular formula is C70H52N6. The molecule has 1 spiro atoms. The molecule has 0 saturated heterocycles. The summed E-state index contributed by atoms with van der Waals surface area (Å²) in [5.74, 6) is 6.73. The highest BCUT2D eigenvalue weighted by Crippen LogP contribution is 2.70. The molecule has 76 heavy (non-hydrogen) atoms. The van der Waals surface area contributed by atoms with Gasteiger partial charge in [0.05, 0.1) is 0 Å². The minimum atomic E-state index is -0.0907. The van der Waals surface area contributed by atoms with Crippen LogP contribution in [0.15, 0.2) is 231 Å². The average Bonchev–Trinajstić information content (AvgIpc) is 4.02. The maximum absolute atomic E-state index is 5.22. The van der Waals surface area contributed by atoms with Crippen molar-refractivity contribution < 1.29 is 0 Å². The van der Waals surface area contributed by atoms with Crippen LogP contribution in [-0.2, 0) is 5.41 Å². The van der Waals surface area contributed by atoms with Crippen LogP contribution in [0.3, 0.4) is 0 Å². The van der Waals surface area contributed by atoms with E-state index in [0.29, 0.717) is 46.8 Å². The monoisotopic (exact) mass is 976 g/mol. The van der Waals surface area contributed by atoms with Crippen molar-refractivity contribution in [3.63, 3.8) is 0 Å². The lowest BCUT2D eigenvalue weighted by molar-refractivity contribution is -0.0399. The Kier molecular flexibility index (Phi) is 10.6. The smallest absolute Gasteiger partial charge is 0.164 e. The topological polar surface area (TPSA) is 77.3 Å². The van der Waals surface area contributed by atoms with Gasteiger partial charge in [-0.05, 0) is 124 Å². The fourth-order valence-corrected chi connectivity index (χ4v) is 14.2. The molecule has 6 nitrogen and oxygen atoms in total. The van der Waals surface area contributed by atoms with Gasteiger partial charge in [0.15, 0.2) is 34.9 Å². The second kappa shape index (κ2) is 18.1. The molecule has 2 heterocycles. The summed E-state index contributed by atoms with van der Waals surface area (Å²) < 4.78 is 0. The summed E-state index contributed by atoms with van der Waals surface area (Å²) in [4.78, 5) is 30.9. The predicted octanol–water partition coefficient (Wildman–Crippen LogP) is 16.8. The van der Waals surface area contributed by atoms with Gasteiger partial charge in [0.1, 0.15) is 0 Å². The second-order valence-corrected chi connectivity index (χ2v) is 21.4. The molecule has 0 radical (unpaired) electrons. The largest absolute Gasteiger partial charge is 0.208 e. The molecular weight excluding hydrogens is 925 g/mol. The van der Waals surface area contributed by atoms with E-state index in [1.807, 2.05) is 72.8 Å². The molecule has 5 aliphatic rings. The maximum atomic E-state index is 5.22. The first kappa shape index (κ1) is 44.5. The van der Waals surface area contributed by atoms with E-state index in [0.717, 1.165) is 61.9 Å². The summed E-state index contributed by atoms with van der Waals surface area (Å²) in [5.41, 5.74) is 18.5. The first-order valence-electron chi connectivity index (χ1n) is 26.9. The summed E-state index contributed by atoms with van der Waals surface area (Å²) >= 11 is 0. The molecule has 9 aromatic carbocycles. The molecule has 16 rings (SSSR count). The molecule has 6 heteroatoms. The van der Waals surface area contributed by atoms with Crippen molar-refractivity contribution in [3.8, 4) is 113 Å². The van der Waals surface area contributed by atoms with E-state index in [9.17, 15) is 0 Å². The molecule has 0 atom stereocenters. The van der Waals surface area contributed by atoms with Crippen molar-refractivity contribution in [3.05, 3.63) is 242 Å². The van der Waals surface area contributed by atoms with E-state index in [1.54, 1.807) is 0 Å². The minimum absolute atomic E-state index is 0.0907. The zero-order chi connectivity index (χ0) is 50.2. The van der Waals surface area contributed by atoms with Gasteiger partial charge in [-0.1, -0.05) is 218 Å². The first-order chi connectivity index (χ1) is 37.6. The van der Waals surface area contributed by atoms with E-state index in [4.69, 9.17) is 29.9 Å². The quantitative estimate of drug-likeness (QED) is 0.143. The fraction of sp³-hybridized carbons (Fsp3) is 0.143. The number of aromatic nitrogens is 6. The van der Waals surface area contributed by atoms with Gasteiger partial charge in [-0.2, -0.15) is 0 Å². The Morgan fingerprint density at radius 3 is 0.908 bits per heavy atom. The third-order valence-corrected chi connectivity index (χ3v) is 17.2.